The SMILES string of the molecule is CC(C)c1ccc(N2C(=O)CSC23C(=O)N(Cc2ccc(F)cc2)c2ccccc23)cc1. The molecule has 2 amide bonds. The van der Waals surface area contributed by atoms with Crippen molar-refractivity contribution in [3.8, 4) is 0 Å². The normalized spacial score (nSPS) is 20.0. The number of anilines is 2. The Morgan fingerprint density at radius 2 is 1.66 bits per heavy atom. The van der Waals surface area contributed by atoms with Crippen LogP contribution in [0.25, 0.3) is 0 Å². The monoisotopic (exact) mass is 446 g/mol. The van der Waals surface area contributed by atoms with E-state index in [2.05, 4.69) is 13.8 Å². The summed E-state index contributed by atoms with van der Waals surface area (Å²) in [6.07, 6.45) is 0. The van der Waals surface area contributed by atoms with Gasteiger partial charge in [-0.1, -0.05) is 56.3 Å². The fourth-order valence-electron chi connectivity index (χ4n) is 4.49. The van der Waals surface area contributed by atoms with Crippen molar-refractivity contribution in [3.05, 3.63) is 95.3 Å². The lowest BCUT2D eigenvalue weighted by molar-refractivity contribution is -0.123. The Kier molecular flexibility index (Phi) is 5.05. The first-order valence-electron chi connectivity index (χ1n) is 10.6. The molecule has 0 saturated carbocycles. The van der Waals surface area contributed by atoms with Crippen LogP contribution in [0.1, 0.15) is 36.5 Å². The molecule has 1 saturated heterocycles. The van der Waals surface area contributed by atoms with Crippen LogP contribution in [0.4, 0.5) is 15.8 Å². The van der Waals surface area contributed by atoms with Crippen molar-refractivity contribution in [3.63, 3.8) is 0 Å². The molecule has 0 bridgehead atoms. The van der Waals surface area contributed by atoms with Crippen molar-refractivity contribution in [2.24, 2.45) is 0 Å². The molecule has 2 heterocycles. The Hall–Kier alpha value is -3.12. The number of halogens is 1. The van der Waals surface area contributed by atoms with Crippen LogP contribution in [0.15, 0.2) is 72.8 Å². The van der Waals surface area contributed by atoms with E-state index in [0.717, 1.165) is 22.5 Å². The molecule has 32 heavy (non-hydrogen) atoms. The molecule has 2 aliphatic rings. The lowest BCUT2D eigenvalue weighted by Gasteiger charge is -2.33. The zero-order valence-electron chi connectivity index (χ0n) is 17.9. The van der Waals surface area contributed by atoms with Crippen molar-refractivity contribution >= 4 is 35.0 Å². The van der Waals surface area contributed by atoms with Crippen LogP contribution in [0.3, 0.4) is 0 Å². The molecule has 1 fully saturated rings. The summed E-state index contributed by atoms with van der Waals surface area (Å²) < 4.78 is 13.4. The summed E-state index contributed by atoms with van der Waals surface area (Å²) in [6, 6.07) is 21.7. The van der Waals surface area contributed by atoms with Crippen LogP contribution in [0, 0.1) is 5.82 Å². The highest BCUT2D eigenvalue weighted by atomic mass is 32.2. The number of amides is 2. The van der Waals surface area contributed by atoms with Gasteiger partial charge in [-0.3, -0.25) is 14.5 Å². The van der Waals surface area contributed by atoms with Gasteiger partial charge in [-0.25, -0.2) is 4.39 Å². The Morgan fingerprint density at radius 3 is 2.34 bits per heavy atom. The van der Waals surface area contributed by atoms with Crippen molar-refractivity contribution in [1.29, 1.82) is 0 Å². The number of nitrogens with zero attached hydrogens (tertiary/aromatic N) is 2. The second kappa shape index (κ2) is 7.78. The molecule has 4 nitrogen and oxygen atoms in total. The number of fused-ring (bicyclic) bond motifs is 2. The van der Waals surface area contributed by atoms with Gasteiger partial charge < -0.3 is 4.90 Å². The van der Waals surface area contributed by atoms with Crippen LogP contribution in [0.5, 0.6) is 0 Å². The maximum Gasteiger partial charge on any atom is 0.269 e. The molecule has 1 spiro atoms. The quantitative estimate of drug-likeness (QED) is 0.537. The Bertz CT molecular complexity index is 1190. The van der Waals surface area contributed by atoms with Crippen molar-refractivity contribution in [1.82, 2.24) is 0 Å². The number of rotatable bonds is 4. The van der Waals surface area contributed by atoms with E-state index in [9.17, 15) is 14.0 Å². The van der Waals surface area contributed by atoms with Gasteiger partial charge in [0.2, 0.25) is 10.8 Å². The first kappa shape index (κ1) is 20.8. The standard InChI is InChI=1S/C26H23FN2O2S/c1-17(2)19-9-13-21(14-10-19)29-24(30)16-32-26(29)22-5-3-4-6-23(22)28(25(26)31)15-18-7-11-20(27)12-8-18/h3-14,17H,15-16H2,1-2H3. The van der Waals surface area contributed by atoms with Crippen LogP contribution in [-0.4, -0.2) is 17.6 Å². The lowest BCUT2D eigenvalue weighted by Crippen LogP contribution is -2.49. The lowest BCUT2D eigenvalue weighted by atomic mass is 10.0. The van der Waals surface area contributed by atoms with E-state index in [-0.39, 0.29) is 23.4 Å². The van der Waals surface area contributed by atoms with E-state index >= 15 is 0 Å². The highest BCUT2D eigenvalue weighted by Gasteiger charge is 2.60. The van der Waals surface area contributed by atoms with Crippen LogP contribution in [0.2, 0.25) is 0 Å². The maximum atomic E-state index is 14.0. The van der Waals surface area contributed by atoms with Crippen molar-refractivity contribution < 1.29 is 14.0 Å². The number of para-hydroxylation sites is 1. The van der Waals surface area contributed by atoms with Crippen molar-refractivity contribution in [2.45, 2.75) is 31.2 Å². The zero-order chi connectivity index (χ0) is 22.5. The van der Waals surface area contributed by atoms with Crippen LogP contribution >= 0.6 is 11.8 Å². The third-order valence-corrected chi connectivity index (χ3v) is 7.52. The van der Waals surface area contributed by atoms with E-state index in [1.807, 2.05) is 48.5 Å². The first-order valence-corrected chi connectivity index (χ1v) is 11.6. The minimum Gasteiger partial charge on any atom is -0.304 e. The average Bonchev–Trinajstić information content (AvgIpc) is 3.26. The number of thioether (sulfide) groups is 1. The molecule has 1 atom stereocenters. The summed E-state index contributed by atoms with van der Waals surface area (Å²) in [5.41, 5.74) is 4.33. The summed E-state index contributed by atoms with van der Waals surface area (Å²) in [6.45, 7) is 4.56. The van der Waals surface area contributed by atoms with Gasteiger partial charge in [0, 0.05) is 11.3 Å². The van der Waals surface area contributed by atoms with Crippen molar-refractivity contribution in [2.75, 3.05) is 15.6 Å². The summed E-state index contributed by atoms with van der Waals surface area (Å²) in [7, 11) is 0. The smallest absolute Gasteiger partial charge is 0.269 e. The number of hydrogen-bond donors (Lipinski definition) is 0. The molecule has 0 aliphatic carbocycles. The van der Waals surface area contributed by atoms with E-state index in [1.165, 1.54) is 29.5 Å². The fraction of sp³-hybridized carbons (Fsp3) is 0.231. The fourth-order valence-corrected chi connectivity index (χ4v) is 5.85. The second-order valence-corrected chi connectivity index (χ2v) is 9.61. The summed E-state index contributed by atoms with van der Waals surface area (Å²) in [5.74, 6) is 0.0649. The molecule has 162 valence electrons. The molecule has 6 heteroatoms. The number of hydrogen-bond acceptors (Lipinski definition) is 3. The van der Waals surface area contributed by atoms with Crippen LogP contribution < -0.4 is 9.80 Å². The maximum absolute atomic E-state index is 14.0. The average molecular weight is 447 g/mol. The molecule has 3 aromatic rings. The molecular weight excluding hydrogens is 423 g/mol. The van der Waals surface area contributed by atoms with Gasteiger partial charge in [0.05, 0.1) is 18.0 Å². The first-order chi connectivity index (χ1) is 15.4. The largest absolute Gasteiger partial charge is 0.304 e. The van der Waals surface area contributed by atoms with Gasteiger partial charge in [-0.05, 0) is 47.4 Å². The summed E-state index contributed by atoms with van der Waals surface area (Å²) in [5, 5.41) is 0. The molecule has 2 aliphatic heterocycles. The van der Waals surface area contributed by atoms with E-state index in [0.29, 0.717) is 12.5 Å². The number of carbonyl (C=O) groups is 2. The number of benzene rings is 3. The second-order valence-electron chi connectivity index (χ2n) is 8.44. The van der Waals surface area contributed by atoms with Gasteiger partial charge >= 0.3 is 0 Å². The van der Waals surface area contributed by atoms with Gasteiger partial charge in [0.25, 0.3) is 5.91 Å². The Balaban J connectivity index is 1.60. The van der Waals surface area contributed by atoms with Gasteiger partial charge in [-0.15, -0.1) is 11.8 Å². The topological polar surface area (TPSA) is 40.6 Å². The molecule has 0 radical (unpaired) electrons. The third kappa shape index (κ3) is 3.13. The predicted octanol–water partition coefficient (Wildman–Crippen LogP) is 5.43. The molecule has 3 aromatic carbocycles. The van der Waals surface area contributed by atoms with Crippen LogP contribution in [-0.2, 0) is 21.0 Å². The molecular formula is C26H23FN2O2S. The molecule has 1 unspecified atom stereocenters. The van der Waals surface area contributed by atoms with Gasteiger partial charge in [0.1, 0.15) is 5.82 Å². The van der Waals surface area contributed by atoms with E-state index in [4.69, 9.17) is 0 Å². The minimum atomic E-state index is -1.13. The minimum absolute atomic E-state index is 0.0842. The number of carbonyl (C=O) groups excluding carboxylic acids is 2. The Morgan fingerprint density at radius 1 is 0.969 bits per heavy atom. The molecule has 0 aromatic heterocycles. The van der Waals surface area contributed by atoms with E-state index in [1.54, 1.807) is 21.9 Å². The van der Waals surface area contributed by atoms with E-state index < -0.39 is 4.87 Å². The highest BCUT2D eigenvalue weighted by Crippen LogP contribution is 2.55. The molecule has 5 rings (SSSR count). The molecule has 0 N–H and O–H groups in total. The zero-order valence-corrected chi connectivity index (χ0v) is 18.7. The third-order valence-electron chi connectivity index (χ3n) is 6.14. The van der Waals surface area contributed by atoms with Gasteiger partial charge in [-0.2, -0.15) is 0 Å². The highest BCUT2D eigenvalue weighted by molar-refractivity contribution is 8.02. The Labute approximate surface area is 191 Å². The predicted molar refractivity (Wildman–Crippen MR) is 126 cm³/mol. The van der Waals surface area contributed by atoms with Gasteiger partial charge in [0.15, 0.2) is 0 Å². The summed E-state index contributed by atoms with van der Waals surface area (Å²) in [4.78, 5) is 29.3. The summed E-state index contributed by atoms with van der Waals surface area (Å²) >= 11 is 1.37.